The van der Waals surface area contributed by atoms with E-state index < -0.39 is 17.7 Å². The highest BCUT2D eigenvalue weighted by atomic mass is 32.2. The maximum Gasteiger partial charge on any atom is 0.183 e. The molecule has 1 fully saturated rings. The molecule has 0 aliphatic carbocycles. The predicted octanol–water partition coefficient (Wildman–Crippen LogP) is 2.69. The first-order chi connectivity index (χ1) is 10.7. The van der Waals surface area contributed by atoms with E-state index in [0.29, 0.717) is 13.2 Å². The molecule has 0 radical (unpaired) electrons. The molecule has 1 unspecified atom stereocenters. The molecule has 0 amide bonds. The lowest BCUT2D eigenvalue weighted by Crippen LogP contribution is -2.25. The van der Waals surface area contributed by atoms with Crippen LogP contribution in [0.5, 0.6) is 5.75 Å². The zero-order valence-electron chi connectivity index (χ0n) is 11.7. The summed E-state index contributed by atoms with van der Waals surface area (Å²) in [6.07, 6.45) is -0.438. The number of rotatable bonds is 4. The number of benzene rings is 2. The summed E-state index contributed by atoms with van der Waals surface area (Å²) in [5, 5.41) is 0. The summed E-state index contributed by atoms with van der Waals surface area (Å²) in [6.45, 7) is 1.16. The van der Waals surface area contributed by atoms with Crippen molar-refractivity contribution in [1.29, 1.82) is 0 Å². The lowest BCUT2D eigenvalue weighted by atomic mass is 10.0. The second kappa shape index (κ2) is 7.02. The van der Waals surface area contributed by atoms with Crippen LogP contribution in [0.1, 0.15) is 23.3 Å². The Bertz CT molecular complexity index is 621. The van der Waals surface area contributed by atoms with E-state index in [1.54, 1.807) is 24.3 Å². The molecule has 6 heteroatoms. The Morgan fingerprint density at radius 2 is 1.59 bits per heavy atom. The molecule has 2 aromatic carbocycles. The Hall–Kier alpha value is -1.73. The Morgan fingerprint density at radius 3 is 2.18 bits per heavy atom. The van der Waals surface area contributed by atoms with Crippen LogP contribution in [0.3, 0.4) is 0 Å². The molecule has 0 saturated carbocycles. The molecule has 1 aliphatic rings. The van der Waals surface area contributed by atoms with E-state index in [1.807, 2.05) is 18.2 Å². The van der Waals surface area contributed by atoms with Crippen molar-refractivity contribution in [3.63, 3.8) is 0 Å². The molecule has 1 heterocycles. The van der Waals surface area contributed by atoms with Gasteiger partial charge in [0.1, 0.15) is 17.1 Å². The highest BCUT2D eigenvalue weighted by Crippen LogP contribution is 2.30. The van der Waals surface area contributed by atoms with Gasteiger partial charge >= 0.3 is 0 Å². The van der Waals surface area contributed by atoms with Gasteiger partial charge in [-0.1, -0.05) is 42.5 Å². The average Bonchev–Trinajstić information content (AvgIpc) is 2.56. The highest BCUT2D eigenvalue weighted by molar-refractivity contribution is 7.74. The smallest absolute Gasteiger partial charge is 0.183 e. The van der Waals surface area contributed by atoms with E-state index in [2.05, 4.69) is 16.3 Å². The minimum Gasteiger partial charge on any atom is -0.740 e. The van der Waals surface area contributed by atoms with Crippen molar-refractivity contribution in [2.75, 3.05) is 13.2 Å². The topological polar surface area (TPSA) is 67.8 Å². The molecule has 5 nitrogen and oxygen atoms in total. The summed E-state index contributed by atoms with van der Waals surface area (Å²) in [6, 6.07) is 16.7. The maximum atomic E-state index is 10.5. The lowest BCUT2D eigenvalue weighted by Gasteiger charge is -2.30. The number of hydrogen-bond donors (Lipinski definition) is 0. The fourth-order valence-electron chi connectivity index (χ4n) is 2.37. The van der Waals surface area contributed by atoms with Crippen LogP contribution in [0, 0.1) is 0 Å². The maximum absolute atomic E-state index is 10.5. The van der Waals surface area contributed by atoms with Crippen molar-refractivity contribution in [1.82, 2.24) is 0 Å². The third kappa shape index (κ3) is 3.72. The predicted molar refractivity (Wildman–Crippen MR) is 79.8 cm³/mol. The third-order valence-electron chi connectivity index (χ3n) is 3.49. The van der Waals surface area contributed by atoms with Gasteiger partial charge in [0, 0.05) is 11.5 Å². The molecule has 1 aliphatic heterocycles. The molecule has 2 aromatic rings. The molecule has 0 N–H and O–H groups in total. The van der Waals surface area contributed by atoms with Gasteiger partial charge < -0.3 is 18.2 Å². The first kappa shape index (κ1) is 15.2. The van der Waals surface area contributed by atoms with Gasteiger partial charge in [0.2, 0.25) is 0 Å². The molecule has 22 heavy (non-hydrogen) atoms. The van der Waals surface area contributed by atoms with Gasteiger partial charge in [-0.15, -0.1) is 0 Å². The van der Waals surface area contributed by atoms with E-state index in [1.165, 1.54) is 5.56 Å². The van der Waals surface area contributed by atoms with Crippen LogP contribution >= 0.6 is 0 Å². The van der Waals surface area contributed by atoms with Crippen LogP contribution in [0.4, 0.5) is 0 Å². The van der Waals surface area contributed by atoms with Gasteiger partial charge in [-0.3, -0.25) is 0 Å². The summed E-state index contributed by atoms with van der Waals surface area (Å²) < 4.78 is 37.0. The Balaban J connectivity index is 1.60. The Morgan fingerprint density at radius 1 is 0.955 bits per heavy atom. The van der Waals surface area contributed by atoms with Crippen molar-refractivity contribution in [2.45, 2.75) is 12.2 Å². The summed E-state index contributed by atoms with van der Waals surface area (Å²) >= 11 is -2.57. The molecular formula is C16H15O5S-. The fourth-order valence-corrected chi connectivity index (χ4v) is 2.64. The quantitative estimate of drug-likeness (QED) is 0.811. The minimum absolute atomic E-state index is 0.225. The molecule has 1 saturated heterocycles. The molecule has 0 aromatic heterocycles. The summed E-state index contributed by atoms with van der Waals surface area (Å²) in [5.74, 6) is 0.484. The minimum atomic E-state index is -2.57. The van der Waals surface area contributed by atoms with Crippen molar-refractivity contribution in [2.24, 2.45) is 0 Å². The van der Waals surface area contributed by atoms with E-state index in [-0.39, 0.29) is 11.7 Å². The molecule has 1 atom stereocenters. The van der Waals surface area contributed by atoms with E-state index >= 15 is 0 Å². The van der Waals surface area contributed by atoms with Crippen LogP contribution < -0.4 is 4.18 Å². The van der Waals surface area contributed by atoms with Gasteiger partial charge in [0.25, 0.3) is 0 Å². The second-order valence-corrected chi connectivity index (χ2v) is 5.54. The average molecular weight is 319 g/mol. The molecule has 116 valence electrons. The monoisotopic (exact) mass is 319 g/mol. The summed E-state index contributed by atoms with van der Waals surface area (Å²) in [7, 11) is 0. The molecule has 3 rings (SSSR count). The number of ether oxygens (including phenoxy) is 2. The first-order valence-corrected chi connectivity index (χ1v) is 7.88. The van der Waals surface area contributed by atoms with Gasteiger partial charge in [-0.2, -0.15) is 0 Å². The van der Waals surface area contributed by atoms with Gasteiger partial charge in [-0.25, -0.2) is 4.21 Å². The van der Waals surface area contributed by atoms with Crippen LogP contribution in [-0.2, 0) is 20.8 Å². The normalized spacial score (nSPS) is 23.0. The second-order valence-electron chi connectivity index (χ2n) is 4.96. The van der Waals surface area contributed by atoms with Gasteiger partial charge in [0.05, 0.1) is 13.2 Å². The summed E-state index contributed by atoms with van der Waals surface area (Å²) in [5.41, 5.74) is 2.03. The molecular weight excluding hydrogens is 304 g/mol. The standard InChI is InChI=1S/C16H16O5S/c17-22(18)21-15-8-6-13(7-9-15)16-19-10-14(11-20-16)12-4-2-1-3-5-12/h1-9,14,16H,10-11H2,(H,17,18)/p-1. The Kier molecular flexibility index (Phi) is 4.84. The fraction of sp³-hybridized carbons (Fsp3) is 0.250. The first-order valence-electron chi connectivity index (χ1n) is 6.88. The molecule has 0 bridgehead atoms. The Labute approximate surface area is 131 Å². The zero-order valence-corrected chi connectivity index (χ0v) is 12.5. The van der Waals surface area contributed by atoms with E-state index in [9.17, 15) is 8.76 Å². The third-order valence-corrected chi connectivity index (χ3v) is 3.81. The van der Waals surface area contributed by atoms with Crippen LogP contribution in [0.2, 0.25) is 0 Å². The zero-order chi connectivity index (χ0) is 15.4. The van der Waals surface area contributed by atoms with Crippen LogP contribution in [0.15, 0.2) is 54.6 Å². The largest absolute Gasteiger partial charge is 0.740 e. The van der Waals surface area contributed by atoms with Crippen molar-refractivity contribution in [3.05, 3.63) is 65.7 Å². The van der Waals surface area contributed by atoms with Crippen LogP contribution in [-0.4, -0.2) is 22.0 Å². The number of hydrogen-bond acceptors (Lipinski definition) is 5. The highest BCUT2D eigenvalue weighted by Gasteiger charge is 2.24. The SMILES string of the molecule is O=S([O-])Oc1ccc(C2OCC(c3ccccc3)CO2)cc1. The van der Waals surface area contributed by atoms with Crippen molar-refractivity contribution < 1.29 is 22.4 Å². The van der Waals surface area contributed by atoms with Gasteiger partial charge in [-0.05, 0) is 17.7 Å². The summed E-state index contributed by atoms with van der Waals surface area (Å²) in [4.78, 5) is 0. The lowest BCUT2D eigenvalue weighted by molar-refractivity contribution is -0.191. The van der Waals surface area contributed by atoms with E-state index in [0.717, 1.165) is 5.56 Å². The van der Waals surface area contributed by atoms with Crippen molar-refractivity contribution in [3.8, 4) is 5.75 Å². The van der Waals surface area contributed by atoms with Gasteiger partial charge in [0.15, 0.2) is 6.29 Å². The van der Waals surface area contributed by atoms with Crippen molar-refractivity contribution >= 4 is 11.4 Å². The molecule has 0 spiro atoms. The van der Waals surface area contributed by atoms with Crippen LogP contribution in [0.25, 0.3) is 0 Å². The van der Waals surface area contributed by atoms with E-state index in [4.69, 9.17) is 9.47 Å².